The van der Waals surface area contributed by atoms with Crippen LogP contribution in [0.5, 0.6) is 0 Å². The number of rotatable bonds is 2. The average molecular weight is 228 g/mol. The summed E-state index contributed by atoms with van der Waals surface area (Å²) in [5.74, 6) is -0.924. The quantitative estimate of drug-likeness (QED) is 0.856. The van der Waals surface area contributed by atoms with Gasteiger partial charge in [-0.15, -0.1) is 0 Å². The van der Waals surface area contributed by atoms with E-state index in [0.717, 1.165) is 12.8 Å². The molecule has 0 fully saturated rings. The number of carbonyl (C=O) groups is 1. The first-order valence-electron chi connectivity index (χ1n) is 5.60. The Labute approximate surface area is 98.5 Å². The van der Waals surface area contributed by atoms with Gasteiger partial charge in [0.15, 0.2) is 0 Å². The molecule has 86 valence electrons. The molecule has 0 unspecified atom stereocenters. The number of nitrogens with zero attached hydrogens (tertiary/aromatic N) is 2. The number of fused-ring (bicyclic) bond motifs is 1. The highest BCUT2D eigenvalue weighted by atomic mass is 16.4. The third-order valence-electron chi connectivity index (χ3n) is 3.32. The summed E-state index contributed by atoms with van der Waals surface area (Å²) in [6, 6.07) is 8.30. The number of aryl methyl sites for hydroxylation is 1. The molecular weight excluding hydrogens is 216 g/mol. The Morgan fingerprint density at radius 3 is 3.06 bits per heavy atom. The molecule has 0 aliphatic heterocycles. The fraction of sp³-hybridized carbons (Fsp3) is 0.231. The molecule has 0 saturated carbocycles. The molecule has 0 bridgehead atoms. The Bertz CT molecular complexity index is 574. The van der Waals surface area contributed by atoms with E-state index in [0.29, 0.717) is 0 Å². The first-order valence-corrected chi connectivity index (χ1v) is 5.60. The molecule has 0 amide bonds. The van der Waals surface area contributed by atoms with E-state index in [-0.39, 0.29) is 11.7 Å². The summed E-state index contributed by atoms with van der Waals surface area (Å²) in [7, 11) is 0. The molecule has 2 aromatic rings. The normalized spacial score (nSPS) is 18.0. The molecule has 4 nitrogen and oxygen atoms in total. The number of carboxylic acid groups (broad SMARTS) is 1. The van der Waals surface area contributed by atoms with E-state index in [2.05, 4.69) is 17.1 Å². The Kier molecular flexibility index (Phi) is 2.21. The largest absolute Gasteiger partial charge is 0.477 e. The first-order chi connectivity index (χ1) is 8.27. The van der Waals surface area contributed by atoms with Crippen LogP contribution >= 0.6 is 0 Å². The second kappa shape index (κ2) is 3.73. The maximum absolute atomic E-state index is 11.1. The lowest BCUT2D eigenvalue weighted by Crippen LogP contribution is -2.13. The highest BCUT2D eigenvalue weighted by molar-refractivity contribution is 5.85. The molecule has 0 radical (unpaired) electrons. The van der Waals surface area contributed by atoms with E-state index in [9.17, 15) is 4.79 Å². The molecule has 1 heterocycles. The second-order valence-electron chi connectivity index (χ2n) is 4.24. The van der Waals surface area contributed by atoms with E-state index in [1.54, 1.807) is 10.9 Å². The van der Waals surface area contributed by atoms with E-state index < -0.39 is 5.97 Å². The van der Waals surface area contributed by atoms with Gasteiger partial charge in [0.05, 0.1) is 18.6 Å². The van der Waals surface area contributed by atoms with E-state index in [1.807, 2.05) is 12.1 Å². The average Bonchev–Trinajstić information content (AvgIpc) is 2.94. The van der Waals surface area contributed by atoms with Gasteiger partial charge in [0.2, 0.25) is 0 Å². The third-order valence-corrected chi connectivity index (χ3v) is 3.32. The molecule has 1 N–H and O–H groups in total. The third kappa shape index (κ3) is 1.53. The summed E-state index contributed by atoms with van der Waals surface area (Å²) >= 11 is 0. The molecule has 1 aliphatic rings. The van der Waals surface area contributed by atoms with Crippen molar-refractivity contribution in [1.82, 2.24) is 9.55 Å². The van der Waals surface area contributed by atoms with Crippen LogP contribution < -0.4 is 0 Å². The Morgan fingerprint density at radius 1 is 1.41 bits per heavy atom. The molecule has 0 spiro atoms. The Morgan fingerprint density at radius 2 is 2.24 bits per heavy atom. The minimum absolute atomic E-state index is 0.111. The van der Waals surface area contributed by atoms with Crippen LogP contribution in [0.3, 0.4) is 0 Å². The lowest BCUT2D eigenvalue weighted by molar-refractivity contribution is 0.0683. The smallest absolute Gasteiger partial charge is 0.354 e. The predicted octanol–water partition coefficient (Wildman–Crippen LogP) is 2.12. The molecule has 0 saturated heterocycles. The van der Waals surface area contributed by atoms with Crippen molar-refractivity contribution in [3.8, 4) is 0 Å². The minimum atomic E-state index is -0.924. The standard InChI is InChI=1S/C13H12N2O2/c16-13(17)12-7-14-8-15(12)11-6-5-9-3-1-2-4-10(9)11/h1-4,7-8,11H,5-6H2,(H,16,17)/t11-/m0/s1. The molecular formula is C13H12N2O2. The van der Waals surface area contributed by atoms with Gasteiger partial charge in [0.1, 0.15) is 5.69 Å². The number of carboxylic acids is 1. The summed E-state index contributed by atoms with van der Waals surface area (Å²) in [4.78, 5) is 15.0. The van der Waals surface area contributed by atoms with Crippen LogP contribution in [0.25, 0.3) is 0 Å². The molecule has 1 aromatic carbocycles. The van der Waals surface area contributed by atoms with Crippen LogP contribution in [0, 0.1) is 0 Å². The second-order valence-corrected chi connectivity index (χ2v) is 4.24. The summed E-state index contributed by atoms with van der Waals surface area (Å²) in [6.07, 6.45) is 4.95. The van der Waals surface area contributed by atoms with Gasteiger partial charge in [0.25, 0.3) is 0 Å². The van der Waals surface area contributed by atoms with Crippen molar-refractivity contribution in [2.24, 2.45) is 0 Å². The van der Waals surface area contributed by atoms with E-state index in [4.69, 9.17) is 5.11 Å². The Hall–Kier alpha value is -2.10. The Balaban J connectivity index is 2.07. The maximum atomic E-state index is 11.1. The maximum Gasteiger partial charge on any atom is 0.354 e. The van der Waals surface area contributed by atoms with Gasteiger partial charge in [0, 0.05) is 0 Å². The lowest BCUT2D eigenvalue weighted by atomic mass is 10.1. The van der Waals surface area contributed by atoms with Crippen LogP contribution in [-0.2, 0) is 6.42 Å². The molecule has 1 aromatic heterocycles. The van der Waals surface area contributed by atoms with E-state index in [1.165, 1.54) is 17.3 Å². The zero-order valence-corrected chi connectivity index (χ0v) is 9.21. The number of aromatic nitrogens is 2. The fourth-order valence-corrected chi connectivity index (χ4v) is 2.54. The number of benzene rings is 1. The van der Waals surface area contributed by atoms with Gasteiger partial charge >= 0.3 is 5.97 Å². The van der Waals surface area contributed by atoms with Gasteiger partial charge in [-0.3, -0.25) is 0 Å². The van der Waals surface area contributed by atoms with Gasteiger partial charge in [-0.25, -0.2) is 9.78 Å². The van der Waals surface area contributed by atoms with Crippen LogP contribution in [0.1, 0.15) is 34.1 Å². The fourth-order valence-electron chi connectivity index (χ4n) is 2.54. The zero-order valence-electron chi connectivity index (χ0n) is 9.21. The van der Waals surface area contributed by atoms with Gasteiger partial charge in [-0.1, -0.05) is 24.3 Å². The molecule has 17 heavy (non-hydrogen) atoms. The zero-order chi connectivity index (χ0) is 11.8. The summed E-state index contributed by atoms with van der Waals surface area (Å²) in [5.41, 5.74) is 2.78. The van der Waals surface area contributed by atoms with Crippen molar-refractivity contribution in [2.45, 2.75) is 18.9 Å². The minimum Gasteiger partial charge on any atom is -0.477 e. The number of imidazole rings is 1. The van der Waals surface area contributed by atoms with Gasteiger partial charge in [-0.05, 0) is 24.0 Å². The van der Waals surface area contributed by atoms with Crippen LogP contribution in [-0.4, -0.2) is 20.6 Å². The molecule has 1 aliphatic carbocycles. The van der Waals surface area contributed by atoms with Crippen LogP contribution in [0.4, 0.5) is 0 Å². The number of hydrogen-bond acceptors (Lipinski definition) is 2. The van der Waals surface area contributed by atoms with Crippen LogP contribution in [0.15, 0.2) is 36.8 Å². The SMILES string of the molecule is O=C(O)c1cncn1[C@H]1CCc2ccccc21. The number of aromatic carboxylic acids is 1. The summed E-state index contributed by atoms with van der Waals surface area (Å²) in [5, 5.41) is 9.10. The van der Waals surface area contributed by atoms with Crippen molar-refractivity contribution in [2.75, 3.05) is 0 Å². The van der Waals surface area contributed by atoms with Crippen molar-refractivity contribution >= 4 is 5.97 Å². The highest BCUT2D eigenvalue weighted by Gasteiger charge is 2.26. The van der Waals surface area contributed by atoms with Gasteiger partial charge < -0.3 is 9.67 Å². The van der Waals surface area contributed by atoms with Crippen molar-refractivity contribution in [3.63, 3.8) is 0 Å². The van der Waals surface area contributed by atoms with Crippen molar-refractivity contribution in [3.05, 3.63) is 53.6 Å². The summed E-state index contributed by atoms with van der Waals surface area (Å²) in [6.45, 7) is 0. The monoisotopic (exact) mass is 228 g/mol. The topological polar surface area (TPSA) is 55.1 Å². The highest BCUT2D eigenvalue weighted by Crippen LogP contribution is 2.34. The number of hydrogen-bond donors (Lipinski definition) is 1. The van der Waals surface area contributed by atoms with Gasteiger partial charge in [-0.2, -0.15) is 0 Å². The predicted molar refractivity (Wildman–Crippen MR) is 62.1 cm³/mol. The lowest BCUT2D eigenvalue weighted by Gasteiger charge is -2.15. The van der Waals surface area contributed by atoms with E-state index >= 15 is 0 Å². The first kappa shape index (κ1) is 10.1. The molecule has 1 atom stereocenters. The molecule has 3 rings (SSSR count). The van der Waals surface area contributed by atoms with Crippen molar-refractivity contribution in [1.29, 1.82) is 0 Å². The van der Waals surface area contributed by atoms with Crippen LogP contribution in [0.2, 0.25) is 0 Å². The molecule has 4 heteroatoms. The summed E-state index contributed by atoms with van der Waals surface area (Å²) < 4.78 is 1.76. The van der Waals surface area contributed by atoms with Crippen molar-refractivity contribution < 1.29 is 9.90 Å².